The zero-order valence-corrected chi connectivity index (χ0v) is 12.6. The first-order valence-electron chi connectivity index (χ1n) is 7.44. The molecule has 0 saturated carbocycles. The number of pyridine rings is 2. The molecule has 0 aliphatic carbocycles. The number of hydrogen-bond donors (Lipinski definition) is 1. The van der Waals surface area contributed by atoms with E-state index < -0.39 is 11.7 Å². The molecule has 1 aliphatic rings. The molecule has 0 radical (unpaired) electrons. The molecule has 24 heavy (non-hydrogen) atoms. The Hall–Kier alpha value is -2.64. The van der Waals surface area contributed by atoms with E-state index in [2.05, 4.69) is 15.3 Å². The molecular weight excluding hydrogens is 321 g/mol. The van der Waals surface area contributed by atoms with E-state index in [1.807, 2.05) is 0 Å². The van der Waals surface area contributed by atoms with E-state index in [4.69, 9.17) is 0 Å². The summed E-state index contributed by atoms with van der Waals surface area (Å²) >= 11 is 0. The molecule has 0 spiro atoms. The first kappa shape index (κ1) is 16.2. The fourth-order valence-electron chi connectivity index (χ4n) is 2.66. The number of nitrogens with zero attached hydrogens (tertiary/aromatic N) is 3. The summed E-state index contributed by atoms with van der Waals surface area (Å²) in [6.45, 7) is 0.768. The summed E-state index contributed by atoms with van der Waals surface area (Å²) in [5.74, 6) is -0.431. The van der Waals surface area contributed by atoms with Gasteiger partial charge in [-0.3, -0.25) is 9.78 Å². The van der Waals surface area contributed by atoms with Crippen molar-refractivity contribution in [2.24, 2.45) is 0 Å². The maximum Gasteiger partial charge on any atom is 0.419 e. The Bertz CT molecular complexity index is 721. The smallest absolute Gasteiger partial charge is 0.365 e. The van der Waals surface area contributed by atoms with Gasteiger partial charge in [0.05, 0.1) is 5.56 Å². The number of carbonyl (C=O) groups excluding carboxylic acids is 1. The van der Waals surface area contributed by atoms with Gasteiger partial charge < -0.3 is 10.2 Å². The highest BCUT2D eigenvalue weighted by Gasteiger charge is 2.35. The topological polar surface area (TPSA) is 58.1 Å². The SMILES string of the molecule is O=C(c1ccccn1)N1CC[C@H](Nc2ncccc2C(F)(F)F)C1. The molecule has 0 aromatic carbocycles. The number of nitrogens with one attached hydrogen (secondary N) is 1. The number of amides is 1. The van der Waals surface area contributed by atoms with E-state index in [-0.39, 0.29) is 17.8 Å². The molecule has 8 heteroatoms. The van der Waals surface area contributed by atoms with Crippen LogP contribution in [0.15, 0.2) is 42.7 Å². The third-order valence-electron chi connectivity index (χ3n) is 3.81. The summed E-state index contributed by atoms with van der Waals surface area (Å²) in [5, 5.41) is 2.81. The number of likely N-dealkylation sites (tertiary alicyclic amines) is 1. The third kappa shape index (κ3) is 3.47. The Kier molecular flexibility index (Phi) is 4.37. The second-order valence-corrected chi connectivity index (χ2v) is 5.49. The normalized spacial score (nSPS) is 17.8. The van der Waals surface area contributed by atoms with Gasteiger partial charge in [-0.25, -0.2) is 4.98 Å². The minimum Gasteiger partial charge on any atom is -0.365 e. The Morgan fingerprint density at radius 1 is 1.17 bits per heavy atom. The summed E-state index contributed by atoms with van der Waals surface area (Å²) in [6.07, 6.45) is -1.09. The molecule has 1 amide bonds. The number of alkyl halides is 3. The molecule has 126 valence electrons. The van der Waals surface area contributed by atoms with Gasteiger partial charge in [0.25, 0.3) is 5.91 Å². The van der Waals surface area contributed by atoms with Gasteiger partial charge in [-0.15, -0.1) is 0 Å². The first-order valence-corrected chi connectivity index (χ1v) is 7.44. The van der Waals surface area contributed by atoms with Gasteiger partial charge in [0, 0.05) is 31.5 Å². The van der Waals surface area contributed by atoms with E-state index >= 15 is 0 Å². The minimum atomic E-state index is -4.47. The maximum absolute atomic E-state index is 13.0. The molecule has 0 bridgehead atoms. The van der Waals surface area contributed by atoms with Crippen molar-refractivity contribution in [2.45, 2.75) is 18.6 Å². The van der Waals surface area contributed by atoms with Crippen LogP contribution in [-0.4, -0.2) is 39.9 Å². The van der Waals surface area contributed by atoms with Crippen molar-refractivity contribution in [3.05, 3.63) is 54.0 Å². The summed E-state index contributed by atoms with van der Waals surface area (Å²) in [5.41, 5.74) is -0.480. The van der Waals surface area contributed by atoms with Crippen molar-refractivity contribution in [1.82, 2.24) is 14.9 Å². The molecule has 1 atom stereocenters. The molecule has 1 saturated heterocycles. The fraction of sp³-hybridized carbons (Fsp3) is 0.312. The number of hydrogen-bond acceptors (Lipinski definition) is 4. The van der Waals surface area contributed by atoms with Crippen molar-refractivity contribution in [3.8, 4) is 0 Å². The van der Waals surface area contributed by atoms with Crippen LogP contribution in [0.3, 0.4) is 0 Å². The summed E-state index contributed by atoms with van der Waals surface area (Å²) in [4.78, 5) is 21.7. The van der Waals surface area contributed by atoms with E-state index in [1.165, 1.54) is 18.5 Å². The number of anilines is 1. The average Bonchev–Trinajstić information content (AvgIpc) is 3.03. The van der Waals surface area contributed by atoms with Crippen molar-refractivity contribution in [3.63, 3.8) is 0 Å². The van der Waals surface area contributed by atoms with E-state index in [0.717, 1.165) is 6.07 Å². The number of carbonyl (C=O) groups is 1. The fourth-order valence-corrected chi connectivity index (χ4v) is 2.66. The average molecular weight is 336 g/mol. The van der Waals surface area contributed by atoms with Gasteiger partial charge in [0.15, 0.2) is 0 Å². The summed E-state index contributed by atoms with van der Waals surface area (Å²) in [6, 6.07) is 7.00. The molecule has 0 unspecified atom stereocenters. The summed E-state index contributed by atoms with van der Waals surface area (Å²) in [7, 11) is 0. The highest BCUT2D eigenvalue weighted by molar-refractivity contribution is 5.92. The second-order valence-electron chi connectivity index (χ2n) is 5.49. The van der Waals surface area contributed by atoms with Gasteiger partial charge in [-0.1, -0.05) is 6.07 Å². The Balaban J connectivity index is 1.68. The van der Waals surface area contributed by atoms with Crippen molar-refractivity contribution >= 4 is 11.7 Å². The largest absolute Gasteiger partial charge is 0.419 e. The zero-order valence-electron chi connectivity index (χ0n) is 12.6. The van der Waals surface area contributed by atoms with E-state index in [1.54, 1.807) is 23.1 Å². The molecule has 3 heterocycles. The van der Waals surface area contributed by atoms with Gasteiger partial charge in [-0.05, 0) is 30.7 Å². The van der Waals surface area contributed by atoms with Crippen molar-refractivity contribution in [1.29, 1.82) is 0 Å². The number of halogens is 3. The number of aromatic nitrogens is 2. The van der Waals surface area contributed by atoms with Crippen molar-refractivity contribution < 1.29 is 18.0 Å². The van der Waals surface area contributed by atoms with Crippen LogP contribution in [0.5, 0.6) is 0 Å². The van der Waals surface area contributed by atoms with Crippen LogP contribution < -0.4 is 5.32 Å². The molecular formula is C16H15F3N4O. The quantitative estimate of drug-likeness (QED) is 0.936. The molecule has 1 N–H and O–H groups in total. The van der Waals surface area contributed by atoms with Crippen LogP contribution in [0.4, 0.5) is 19.0 Å². The van der Waals surface area contributed by atoms with Crippen LogP contribution in [0.25, 0.3) is 0 Å². The van der Waals surface area contributed by atoms with Gasteiger partial charge >= 0.3 is 6.18 Å². The number of rotatable bonds is 3. The summed E-state index contributed by atoms with van der Waals surface area (Å²) < 4.78 is 39.0. The van der Waals surface area contributed by atoms with Gasteiger partial charge in [0.2, 0.25) is 0 Å². The predicted octanol–water partition coefficient (Wildman–Crippen LogP) is 2.82. The lowest BCUT2D eigenvalue weighted by Crippen LogP contribution is -2.32. The van der Waals surface area contributed by atoms with Crippen LogP contribution in [0, 0.1) is 0 Å². The molecule has 5 nitrogen and oxygen atoms in total. The Labute approximate surface area is 136 Å². The first-order chi connectivity index (χ1) is 11.4. The zero-order chi connectivity index (χ0) is 17.2. The van der Waals surface area contributed by atoms with Crippen molar-refractivity contribution in [2.75, 3.05) is 18.4 Å². The monoisotopic (exact) mass is 336 g/mol. The predicted molar refractivity (Wildman–Crippen MR) is 81.4 cm³/mol. The van der Waals surface area contributed by atoms with Crippen LogP contribution in [-0.2, 0) is 6.18 Å². The maximum atomic E-state index is 13.0. The lowest BCUT2D eigenvalue weighted by atomic mass is 10.2. The van der Waals surface area contributed by atoms with Gasteiger partial charge in [-0.2, -0.15) is 13.2 Å². The van der Waals surface area contributed by atoms with Crippen LogP contribution >= 0.6 is 0 Å². The molecule has 1 fully saturated rings. The van der Waals surface area contributed by atoms with E-state index in [9.17, 15) is 18.0 Å². The Morgan fingerprint density at radius 2 is 1.96 bits per heavy atom. The van der Waals surface area contributed by atoms with E-state index in [0.29, 0.717) is 25.2 Å². The standard InChI is InChI=1S/C16H15F3N4O/c17-16(18,19)12-4-3-8-21-14(12)22-11-6-9-23(10-11)15(24)13-5-1-2-7-20-13/h1-5,7-8,11H,6,9-10H2,(H,21,22)/t11-/m0/s1. The highest BCUT2D eigenvalue weighted by Crippen LogP contribution is 2.34. The van der Waals surface area contributed by atoms with Gasteiger partial charge in [0.1, 0.15) is 11.5 Å². The lowest BCUT2D eigenvalue weighted by Gasteiger charge is -2.19. The molecule has 1 aliphatic heterocycles. The molecule has 3 rings (SSSR count). The highest BCUT2D eigenvalue weighted by atomic mass is 19.4. The third-order valence-corrected chi connectivity index (χ3v) is 3.81. The molecule has 2 aromatic heterocycles. The Morgan fingerprint density at radius 3 is 2.67 bits per heavy atom. The van der Waals surface area contributed by atoms with Crippen LogP contribution in [0.1, 0.15) is 22.5 Å². The molecule has 2 aromatic rings. The van der Waals surface area contributed by atoms with Crippen LogP contribution in [0.2, 0.25) is 0 Å². The second kappa shape index (κ2) is 6.46. The minimum absolute atomic E-state index is 0.206. The lowest BCUT2D eigenvalue weighted by molar-refractivity contribution is -0.137.